The van der Waals surface area contributed by atoms with Crippen molar-refractivity contribution in [3.63, 3.8) is 0 Å². The Morgan fingerprint density at radius 2 is 1.89 bits per heavy atom. The molecule has 186 valence electrons. The van der Waals surface area contributed by atoms with Crippen molar-refractivity contribution in [1.82, 2.24) is 14.5 Å². The number of likely N-dealkylation sites (tertiary alicyclic amines) is 1. The van der Waals surface area contributed by atoms with Gasteiger partial charge in [-0.2, -0.15) is 15.1 Å². The number of aryl methyl sites for hydroxylation is 1. The highest BCUT2D eigenvalue weighted by atomic mass is 32.2. The fourth-order valence-corrected chi connectivity index (χ4v) is 5.58. The van der Waals surface area contributed by atoms with E-state index in [1.54, 1.807) is 13.2 Å². The molecular formula is C26H28N6O3S. The van der Waals surface area contributed by atoms with Gasteiger partial charge < -0.3 is 14.2 Å². The number of hydrogen-bond donors (Lipinski definition) is 1. The monoisotopic (exact) mass is 504 g/mol. The summed E-state index contributed by atoms with van der Waals surface area (Å²) >= 11 is 1.19. The SMILES string of the molecule is COc1ccc(-n2c(C)cc(/C=C3/C(=N)N4N=C(CC(=O)N5CCCCC5)SC4=NC3=O)c2C)cc1. The zero-order valence-corrected chi connectivity index (χ0v) is 21.4. The van der Waals surface area contributed by atoms with Gasteiger partial charge >= 0.3 is 0 Å². The molecule has 0 bridgehead atoms. The van der Waals surface area contributed by atoms with Gasteiger partial charge in [-0.3, -0.25) is 15.0 Å². The number of fused-ring (bicyclic) bond motifs is 1. The van der Waals surface area contributed by atoms with Gasteiger partial charge in [0.05, 0.1) is 19.1 Å². The van der Waals surface area contributed by atoms with Gasteiger partial charge in [-0.15, -0.1) is 0 Å². The molecule has 1 N–H and O–H groups in total. The number of nitrogens with one attached hydrogen (secondary N) is 1. The number of thioether (sulfide) groups is 1. The number of amidine groups is 2. The number of aliphatic imine (C=N–C) groups is 1. The van der Waals surface area contributed by atoms with Gasteiger partial charge in [-0.25, -0.2) is 0 Å². The van der Waals surface area contributed by atoms with Crippen LogP contribution in [-0.4, -0.2) is 62.5 Å². The molecule has 9 nitrogen and oxygen atoms in total. The number of piperidine rings is 1. The molecule has 0 spiro atoms. The minimum Gasteiger partial charge on any atom is -0.497 e. The summed E-state index contributed by atoms with van der Waals surface area (Å²) in [6.45, 7) is 5.52. The van der Waals surface area contributed by atoms with E-state index in [0.717, 1.165) is 60.7 Å². The van der Waals surface area contributed by atoms with Crippen LogP contribution in [0.2, 0.25) is 0 Å². The molecule has 5 rings (SSSR count). The fourth-order valence-electron chi connectivity index (χ4n) is 4.71. The average Bonchev–Trinajstić information content (AvgIpc) is 3.41. The molecule has 0 unspecified atom stereocenters. The molecule has 2 aromatic rings. The lowest BCUT2D eigenvalue weighted by Crippen LogP contribution is -2.36. The molecule has 1 aromatic heterocycles. The maximum atomic E-state index is 12.9. The molecule has 0 radical (unpaired) electrons. The summed E-state index contributed by atoms with van der Waals surface area (Å²) in [5, 5.41) is 15.4. The lowest BCUT2D eigenvalue weighted by molar-refractivity contribution is -0.130. The van der Waals surface area contributed by atoms with E-state index in [9.17, 15) is 9.59 Å². The van der Waals surface area contributed by atoms with E-state index < -0.39 is 5.91 Å². The minimum atomic E-state index is -0.480. The van der Waals surface area contributed by atoms with E-state index >= 15 is 0 Å². The summed E-state index contributed by atoms with van der Waals surface area (Å²) < 4.78 is 7.35. The topological polar surface area (TPSA) is 103 Å². The standard InChI is InChI=1S/C26H28N6O3S/c1-16-13-18(17(2)31(16)19-7-9-20(35-3)10-8-19)14-21-24(27)32-26(28-25(21)34)36-22(29-32)15-23(33)30-11-5-4-6-12-30/h7-10,13-14,27H,4-6,11-12,15H2,1-3H3/b21-14-,27-24?. The molecule has 10 heteroatoms. The number of methoxy groups -OCH3 is 1. The molecule has 0 aliphatic carbocycles. The zero-order chi connectivity index (χ0) is 25.4. The smallest absolute Gasteiger partial charge is 0.283 e. The number of carbonyl (C=O) groups excluding carboxylic acids is 2. The van der Waals surface area contributed by atoms with Gasteiger partial charge in [0.2, 0.25) is 11.1 Å². The van der Waals surface area contributed by atoms with Crippen LogP contribution in [0.1, 0.15) is 42.6 Å². The van der Waals surface area contributed by atoms with Crippen molar-refractivity contribution in [3.05, 3.63) is 52.9 Å². The first-order valence-electron chi connectivity index (χ1n) is 12.0. The molecule has 1 saturated heterocycles. The maximum Gasteiger partial charge on any atom is 0.283 e. The third-order valence-electron chi connectivity index (χ3n) is 6.61. The van der Waals surface area contributed by atoms with Crippen molar-refractivity contribution in [2.45, 2.75) is 39.5 Å². The fraction of sp³-hybridized carbons (Fsp3) is 0.346. The molecule has 3 aliphatic rings. The number of hydrazone groups is 1. The van der Waals surface area contributed by atoms with Crippen LogP contribution >= 0.6 is 11.8 Å². The van der Waals surface area contributed by atoms with Crippen molar-refractivity contribution in [3.8, 4) is 11.4 Å². The van der Waals surface area contributed by atoms with E-state index in [4.69, 9.17) is 10.1 Å². The Balaban J connectivity index is 1.38. The quantitative estimate of drug-likeness (QED) is 0.617. The summed E-state index contributed by atoms with van der Waals surface area (Å²) in [5.74, 6) is 0.291. The van der Waals surface area contributed by atoms with E-state index in [0.29, 0.717) is 10.2 Å². The van der Waals surface area contributed by atoms with Crippen molar-refractivity contribution >= 4 is 45.7 Å². The number of hydrogen-bond acceptors (Lipinski definition) is 6. The Labute approximate surface area is 214 Å². The van der Waals surface area contributed by atoms with Crippen LogP contribution in [0.5, 0.6) is 5.75 Å². The number of amides is 2. The molecule has 0 saturated carbocycles. The van der Waals surface area contributed by atoms with E-state index in [1.807, 2.05) is 49.1 Å². The third-order valence-corrected chi connectivity index (χ3v) is 7.52. The van der Waals surface area contributed by atoms with Gasteiger partial charge in [-0.05, 0) is 86.8 Å². The summed E-state index contributed by atoms with van der Waals surface area (Å²) in [5.41, 5.74) is 3.90. The summed E-state index contributed by atoms with van der Waals surface area (Å²) in [6.07, 6.45) is 5.06. The molecule has 1 fully saturated rings. The van der Waals surface area contributed by atoms with Crippen LogP contribution in [-0.2, 0) is 9.59 Å². The molecular weight excluding hydrogens is 476 g/mol. The van der Waals surface area contributed by atoms with Crippen LogP contribution in [0.3, 0.4) is 0 Å². The van der Waals surface area contributed by atoms with Crippen LogP contribution in [0.25, 0.3) is 11.8 Å². The van der Waals surface area contributed by atoms with Crippen LogP contribution in [0.15, 0.2) is 46.0 Å². The van der Waals surface area contributed by atoms with Crippen LogP contribution in [0.4, 0.5) is 0 Å². The highest BCUT2D eigenvalue weighted by Gasteiger charge is 2.36. The lowest BCUT2D eigenvalue weighted by Gasteiger charge is -2.26. The maximum absolute atomic E-state index is 12.9. The molecule has 2 amide bonds. The highest BCUT2D eigenvalue weighted by Crippen LogP contribution is 2.31. The summed E-state index contributed by atoms with van der Waals surface area (Å²) in [7, 11) is 1.63. The molecule has 3 aliphatic heterocycles. The van der Waals surface area contributed by atoms with Crippen LogP contribution < -0.4 is 4.74 Å². The van der Waals surface area contributed by atoms with E-state index in [2.05, 4.69) is 14.7 Å². The summed E-state index contributed by atoms with van der Waals surface area (Å²) in [4.78, 5) is 31.6. The Morgan fingerprint density at radius 3 is 2.58 bits per heavy atom. The predicted octanol–water partition coefficient (Wildman–Crippen LogP) is 4.12. The second-order valence-corrected chi connectivity index (χ2v) is 10.0. The zero-order valence-electron chi connectivity index (χ0n) is 20.6. The molecule has 0 atom stereocenters. The highest BCUT2D eigenvalue weighted by molar-refractivity contribution is 8.27. The van der Waals surface area contributed by atoms with Crippen molar-refractivity contribution < 1.29 is 14.3 Å². The van der Waals surface area contributed by atoms with Crippen molar-refractivity contribution in [2.75, 3.05) is 20.2 Å². The minimum absolute atomic E-state index is 0.0287. The van der Waals surface area contributed by atoms with Gasteiger partial charge in [0.1, 0.15) is 10.8 Å². The van der Waals surface area contributed by atoms with Gasteiger partial charge in [0.25, 0.3) is 5.91 Å². The summed E-state index contributed by atoms with van der Waals surface area (Å²) in [6, 6.07) is 9.74. The first kappa shape index (κ1) is 24.1. The number of ether oxygens (including phenoxy) is 1. The number of carbonyl (C=O) groups is 2. The molecule has 4 heterocycles. The largest absolute Gasteiger partial charge is 0.497 e. The Morgan fingerprint density at radius 1 is 1.17 bits per heavy atom. The van der Waals surface area contributed by atoms with Gasteiger partial charge in [-0.1, -0.05) is 0 Å². The Kier molecular flexibility index (Phi) is 6.53. The van der Waals surface area contributed by atoms with Gasteiger partial charge in [0, 0.05) is 30.2 Å². The first-order chi connectivity index (χ1) is 17.4. The van der Waals surface area contributed by atoms with Gasteiger partial charge in [0.15, 0.2) is 5.84 Å². The number of nitrogens with zero attached hydrogens (tertiary/aromatic N) is 5. The molecule has 36 heavy (non-hydrogen) atoms. The lowest BCUT2D eigenvalue weighted by atomic mass is 10.1. The van der Waals surface area contributed by atoms with E-state index in [1.165, 1.54) is 16.8 Å². The average molecular weight is 505 g/mol. The number of benzene rings is 1. The normalized spacial score (nSPS) is 18.9. The molecule has 1 aromatic carbocycles. The third kappa shape index (κ3) is 4.48. The second-order valence-electron chi connectivity index (χ2n) is 8.99. The second kappa shape index (κ2) is 9.77. The van der Waals surface area contributed by atoms with Crippen LogP contribution in [0, 0.1) is 19.3 Å². The predicted molar refractivity (Wildman–Crippen MR) is 142 cm³/mol. The first-order valence-corrected chi connectivity index (χ1v) is 12.8. The number of aromatic nitrogens is 1. The van der Waals surface area contributed by atoms with Crippen molar-refractivity contribution in [1.29, 1.82) is 5.41 Å². The Bertz CT molecular complexity index is 1330. The Hall–Kier alpha value is -3.66. The number of rotatable bonds is 5. The van der Waals surface area contributed by atoms with E-state index in [-0.39, 0.29) is 23.7 Å². The van der Waals surface area contributed by atoms with Crippen molar-refractivity contribution in [2.24, 2.45) is 10.1 Å².